The van der Waals surface area contributed by atoms with Gasteiger partial charge in [-0.1, -0.05) is 42.5 Å². The van der Waals surface area contributed by atoms with E-state index in [2.05, 4.69) is 10.6 Å². The maximum atomic E-state index is 12.3. The van der Waals surface area contributed by atoms with E-state index in [1.165, 1.54) is 0 Å². The number of carbonyl (C=O) groups excluding carboxylic acids is 1. The molecule has 1 unspecified atom stereocenters. The highest BCUT2D eigenvalue weighted by Crippen LogP contribution is 2.17. The van der Waals surface area contributed by atoms with E-state index in [4.69, 9.17) is 5.11 Å². The van der Waals surface area contributed by atoms with Gasteiger partial charge < -0.3 is 20.8 Å². The Labute approximate surface area is 152 Å². The Morgan fingerprint density at radius 1 is 1.04 bits per heavy atom. The summed E-state index contributed by atoms with van der Waals surface area (Å²) in [5.74, 6) is -0.752. The highest BCUT2D eigenvalue weighted by molar-refractivity contribution is 5.75. The Bertz CT molecular complexity index is 734. The molecule has 0 aliphatic heterocycles. The molecule has 0 aromatic heterocycles. The van der Waals surface area contributed by atoms with Crippen LogP contribution in [0.3, 0.4) is 0 Å². The molecule has 0 aliphatic rings. The minimum absolute atomic E-state index is 0.0140. The summed E-state index contributed by atoms with van der Waals surface area (Å²) in [6, 6.07) is 15.4. The van der Waals surface area contributed by atoms with Crippen LogP contribution in [0.1, 0.15) is 36.9 Å². The molecule has 0 saturated carbocycles. The number of nitrogens with one attached hydrogen (secondary N) is 2. The second kappa shape index (κ2) is 9.46. The molecule has 6 nitrogen and oxygen atoms in total. The minimum atomic E-state index is -0.890. The molecule has 6 heteroatoms. The fourth-order valence-corrected chi connectivity index (χ4v) is 2.72. The van der Waals surface area contributed by atoms with Crippen LogP contribution in [-0.2, 0) is 11.2 Å². The minimum Gasteiger partial charge on any atom is -0.508 e. The zero-order chi connectivity index (χ0) is 18.9. The number of hydrogen-bond acceptors (Lipinski definition) is 3. The first-order valence-corrected chi connectivity index (χ1v) is 8.55. The predicted molar refractivity (Wildman–Crippen MR) is 99.0 cm³/mol. The Kier molecular flexibility index (Phi) is 7.02. The molecule has 138 valence electrons. The van der Waals surface area contributed by atoms with E-state index in [1.54, 1.807) is 18.2 Å². The fourth-order valence-electron chi connectivity index (χ4n) is 2.72. The van der Waals surface area contributed by atoms with E-state index in [0.29, 0.717) is 12.8 Å². The van der Waals surface area contributed by atoms with Crippen LogP contribution in [0.5, 0.6) is 5.75 Å². The molecule has 0 spiro atoms. The van der Waals surface area contributed by atoms with Crippen LogP contribution < -0.4 is 10.6 Å². The van der Waals surface area contributed by atoms with Gasteiger partial charge in [0.05, 0.1) is 6.04 Å². The molecule has 0 fully saturated rings. The van der Waals surface area contributed by atoms with Crippen molar-refractivity contribution in [2.45, 2.75) is 38.3 Å². The van der Waals surface area contributed by atoms with Crippen LogP contribution in [0.4, 0.5) is 4.79 Å². The number of phenols is 1. The van der Waals surface area contributed by atoms with Crippen molar-refractivity contribution in [1.29, 1.82) is 0 Å². The van der Waals surface area contributed by atoms with Gasteiger partial charge in [0.1, 0.15) is 5.75 Å². The van der Waals surface area contributed by atoms with Gasteiger partial charge in [0.15, 0.2) is 0 Å². The molecule has 0 radical (unpaired) electrons. The molecular weight excluding hydrogens is 332 g/mol. The molecule has 0 aliphatic carbocycles. The number of phenolic OH excluding ortho intramolecular Hbond substituents is 1. The first-order chi connectivity index (χ1) is 12.4. The van der Waals surface area contributed by atoms with Crippen molar-refractivity contribution in [1.82, 2.24) is 10.6 Å². The molecule has 0 bridgehead atoms. The molecule has 0 saturated heterocycles. The molecule has 26 heavy (non-hydrogen) atoms. The third-order valence-electron chi connectivity index (χ3n) is 4.08. The third kappa shape index (κ3) is 6.47. The number of hydrogen-bond donors (Lipinski definition) is 4. The van der Waals surface area contributed by atoms with E-state index < -0.39 is 5.97 Å². The second-order valence-electron chi connectivity index (χ2n) is 6.25. The standard InChI is InChI=1S/C20H24N2O4/c1-14(16-8-5-9-18(23)13-16)21-20(26)22-17(10-11-19(24)25)12-15-6-3-2-4-7-15/h2-9,13-14,17,23H,10-12H2,1H3,(H,24,25)(H2,21,22,26)/t14-,17?/m0/s1. The Morgan fingerprint density at radius 2 is 1.77 bits per heavy atom. The van der Waals surface area contributed by atoms with Crippen molar-refractivity contribution in [2.75, 3.05) is 0 Å². The van der Waals surface area contributed by atoms with Gasteiger partial charge in [0, 0.05) is 12.5 Å². The van der Waals surface area contributed by atoms with Gasteiger partial charge in [-0.05, 0) is 43.0 Å². The summed E-state index contributed by atoms with van der Waals surface area (Å²) >= 11 is 0. The van der Waals surface area contributed by atoms with Crippen LogP contribution in [0.2, 0.25) is 0 Å². The van der Waals surface area contributed by atoms with Gasteiger partial charge in [0.2, 0.25) is 0 Å². The van der Waals surface area contributed by atoms with Crippen molar-refractivity contribution in [2.24, 2.45) is 0 Å². The molecule has 4 N–H and O–H groups in total. The lowest BCUT2D eigenvalue weighted by molar-refractivity contribution is -0.137. The molecule has 2 amide bonds. The summed E-state index contributed by atoms with van der Waals surface area (Å²) in [5.41, 5.74) is 1.81. The fraction of sp³-hybridized carbons (Fsp3) is 0.300. The summed E-state index contributed by atoms with van der Waals surface area (Å²) in [4.78, 5) is 23.2. The number of carboxylic acids is 1. The normalized spacial score (nSPS) is 12.8. The third-order valence-corrected chi connectivity index (χ3v) is 4.08. The lowest BCUT2D eigenvalue weighted by Crippen LogP contribution is -2.44. The lowest BCUT2D eigenvalue weighted by Gasteiger charge is -2.21. The zero-order valence-corrected chi connectivity index (χ0v) is 14.7. The molecule has 2 atom stereocenters. The highest BCUT2D eigenvalue weighted by Gasteiger charge is 2.16. The number of amides is 2. The quantitative estimate of drug-likeness (QED) is 0.583. The molecule has 2 aromatic carbocycles. The van der Waals surface area contributed by atoms with Crippen LogP contribution in [-0.4, -0.2) is 28.3 Å². The van der Waals surface area contributed by atoms with Gasteiger partial charge >= 0.3 is 12.0 Å². The number of urea groups is 1. The number of rotatable bonds is 8. The van der Waals surface area contributed by atoms with Crippen molar-refractivity contribution >= 4 is 12.0 Å². The van der Waals surface area contributed by atoms with Crippen LogP contribution in [0.15, 0.2) is 54.6 Å². The highest BCUT2D eigenvalue weighted by atomic mass is 16.4. The summed E-state index contributed by atoms with van der Waals surface area (Å²) in [7, 11) is 0. The van der Waals surface area contributed by atoms with Crippen molar-refractivity contribution < 1.29 is 19.8 Å². The van der Waals surface area contributed by atoms with Crippen molar-refractivity contribution in [3.8, 4) is 5.75 Å². The summed E-state index contributed by atoms with van der Waals surface area (Å²) in [6.45, 7) is 1.82. The monoisotopic (exact) mass is 356 g/mol. The van der Waals surface area contributed by atoms with E-state index in [0.717, 1.165) is 11.1 Å². The lowest BCUT2D eigenvalue weighted by atomic mass is 10.0. The smallest absolute Gasteiger partial charge is 0.315 e. The van der Waals surface area contributed by atoms with Gasteiger partial charge in [-0.15, -0.1) is 0 Å². The number of carbonyl (C=O) groups is 2. The number of carboxylic acid groups (broad SMARTS) is 1. The van der Waals surface area contributed by atoms with Crippen LogP contribution in [0, 0.1) is 0 Å². The van der Waals surface area contributed by atoms with Crippen LogP contribution in [0.25, 0.3) is 0 Å². The second-order valence-corrected chi connectivity index (χ2v) is 6.25. The van der Waals surface area contributed by atoms with Gasteiger partial charge in [0.25, 0.3) is 0 Å². The van der Waals surface area contributed by atoms with E-state index in [-0.39, 0.29) is 30.3 Å². The number of aliphatic carboxylic acids is 1. The maximum Gasteiger partial charge on any atom is 0.315 e. The summed E-state index contributed by atoms with van der Waals surface area (Å²) in [6.07, 6.45) is 0.889. The van der Waals surface area contributed by atoms with E-state index in [1.807, 2.05) is 43.3 Å². The zero-order valence-electron chi connectivity index (χ0n) is 14.7. The van der Waals surface area contributed by atoms with Crippen LogP contribution >= 0.6 is 0 Å². The summed E-state index contributed by atoms with van der Waals surface area (Å²) in [5, 5.41) is 24.2. The number of aromatic hydroxyl groups is 1. The predicted octanol–water partition coefficient (Wildman–Crippen LogP) is 3.23. The number of benzene rings is 2. The van der Waals surface area contributed by atoms with Crippen molar-refractivity contribution in [3.63, 3.8) is 0 Å². The van der Waals surface area contributed by atoms with Gasteiger partial charge in [-0.2, -0.15) is 0 Å². The SMILES string of the molecule is C[C@H](NC(=O)NC(CCC(=O)O)Cc1ccccc1)c1cccc(O)c1. The van der Waals surface area contributed by atoms with E-state index in [9.17, 15) is 14.7 Å². The Balaban J connectivity index is 1.96. The molecule has 2 rings (SSSR count). The average molecular weight is 356 g/mol. The molecule has 0 heterocycles. The van der Waals surface area contributed by atoms with Gasteiger partial charge in [-0.3, -0.25) is 4.79 Å². The Hall–Kier alpha value is -3.02. The Morgan fingerprint density at radius 3 is 2.42 bits per heavy atom. The topological polar surface area (TPSA) is 98.7 Å². The van der Waals surface area contributed by atoms with E-state index >= 15 is 0 Å². The molecule has 2 aromatic rings. The largest absolute Gasteiger partial charge is 0.508 e. The molecular formula is C20H24N2O4. The summed E-state index contributed by atoms with van der Waals surface area (Å²) < 4.78 is 0. The first-order valence-electron chi connectivity index (χ1n) is 8.55. The van der Waals surface area contributed by atoms with Crippen molar-refractivity contribution in [3.05, 3.63) is 65.7 Å². The first kappa shape index (κ1) is 19.3. The maximum absolute atomic E-state index is 12.3. The van der Waals surface area contributed by atoms with Gasteiger partial charge in [-0.25, -0.2) is 4.79 Å². The average Bonchev–Trinajstić information content (AvgIpc) is 2.60.